The van der Waals surface area contributed by atoms with Gasteiger partial charge in [-0.25, -0.2) is 4.98 Å². The minimum Gasteiger partial charge on any atom is -0.345 e. The number of hydrogen-bond donors (Lipinski definition) is 1. The van der Waals surface area contributed by atoms with Crippen LogP contribution in [0.5, 0.6) is 0 Å². The predicted molar refractivity (Wildman–Crippen MR) is 94.2 cm³/mol. The van der Waals surface area contributed by atoms with Gasteiger partial charge in [-0.3, -0.25) is 19.4 Å². The molecule has 1 N–H and O–H groups in total. The van der Waals surface area contributed by atoms with Crippen molar-refractivity contribution in [2.75, 3.05) is 0 Å². The summed E-state index contributed by atoms with van der Waals surface area (Å²) in [4.78, 5) is 25.5. The van der Waals surface area contributed by atoms with E-state index in [9.17, 15) is 4.79 Å². The molecule has 0 radical (unpaired) electrons. The van der Waals surface area contributed by atoms with Crippen LogP contribution >= 0.6 is 11.3 Å². The van der Waals surface area contributed by atoms with Crippen molar-refractivity contribution >= 4 is 17.2 Å². The van der Waals surface area contributed by atoms with Crippen molar-refractivity contribution in [2.24, 2.45) is 7.05 Å². The minimum absolute atomic E-state index is 0.0906. The van der Waals surface area contributed by atoms with Crippen LogP contribution in [0.3, 0.4) is 0 Å². The quantitative estimate of drug-likeness (QED) is 0.776. The second kappa shape index (κ2) is 6.72. The molecule has 8 heteroatoms. The van der Waals surface area contributed by atoms with E-state index >= 15 is 0 Å². The van der Waals surface area contributed by atoms with Crippen LogP contribution in [0.15, 0.2) is 24.0 Å². The Kier molecular flexibility index (Phi) is 4.27. The number of rotatable bonds is 4. The number of nitrogens with one attached hydrogen (secondary N) is 1. The summed E-state index contributed by atoms with van der Waals surface area (Å²) in [6.45, 7) is 0.384. The third-order valence-electron chi connectivity index (χ3n) is 4.30. The SMILES string of the molecule is Cn1nc2c(c1C(=O)NCc1csc(-c3cnccn3)n1)CCCC2. The Labute approximate surface area is 149 Å². The van der Waals surface area contributed by atoms with Gasteiger partial charge in [0.25, 0.3) is 5.91 Å². The summed E-state index contributed by atoms with van der Waals surface area (Å²) in [5, 5.41) is 10.2. The average Bonchev–Trinajstić information content (AvgIpc) is 3.24. The highest BCUT2D eigenvalue weighted by atomic mass is 32.1. The molecule has 0 fully saturated rings. The normalized spacial score (nSPS) is 13.5. The van der Waals surface area contributed by atoms with Gasteiger partial charge in [-0.1, -0.05) is 0 Å². The molecule has 1 amide bonds. The summed E-state index contributed by atoms with van der Waals surface area (Å²) in [7, 11) is 1.84. The zero-order valence-corrected chi connectivity index (χ0v) is 14.7. The van der Waals surface area contributed by atoms with Crippen LogP contribution in [0.1, 0.15) is 40.3 Å². The van der Waals surface area contributed by atoms with Crippen molar-refractivity contribution in [1.82, 2.24) is 30.0 Å². The zero-order valence-electron chi connectivity index (χ0n) is 13.9. The molecule has 0 bridgehead atoms. The molecule has 0 aromatic carbocycles. The van der Waals surface area contributed by atoms with Crippen LogP contribution in [-0.4, -0.2) is 30.6 Å². The van der Waals surface area contributed by atoms with Crippen molar-refractivity contribution in [3.63, 3.8) is 0 Å². The zero-order chi connectivity index (χ0) is 17.2. The molecule has 1 aliphatic rings. The summed E-state index contributed by atoms with van der Waals surface area (Å²) in [5.41, 5.74) is 4.40. The molecular formula is C17H18N6OS. The van der Waals surface area contributed by atoms with Crippen LogP contribution in [0, 0.1) is 0 Å². The molecule has 3 aromatic heterocycles. The van der Waals surface area contributed by atoms with Crippen LogP contribution in [0.25, 0.3) is 10.7 Å². The highest BCUT2D eigenvalue weighted by Crippen LogP contribution is 2.24. The number of fused-ring (bicyclic) bond motifs is 1. The lowest BCUT2D eigenvalue weighted by Crippen LogP contribution is -2.26. The Hall–Kier alpha value is -2.61. The van der Waals surface area contributed by atoms with Gasteiger partial charge in [0.1, 0.15) is 16.4 Å². The molecule has 0 atom stereocenters. The van der Waals surface area contributed by atoms with Gasteiger partial charge in [-0.05, 0) is 25.7 Å². The summed E-state index contributed by atoms with van der Waals surface area (Å²) in [5.74, 6) is -0.0906. The van der Waals surface area contributed by atoms with Gasteiger partial charge in [0.05, 0.1) is 24.1 Å². The fraction of sp³-hybridized carbons (Fsp3) is 0.353. The topological polar surface area (TPSA) is 85.6 Å². The first-order valence-electron chi connectivity index (χ1n) is 8.26. The Morgan fingerprint density at radius 2 is 2.20 bits per heavy atom. The molecular weight excluding hydrogens is 336 g/mol. The Morgan fingerprint density at radius 3 is 3.04 bits per heavy atom. The first-order valence-corrected chi connectivity index (χ1v) is 9.14. The van der Waals surface area contributed by atoms with Gasteiger partial charge < -0.3 is 5.32 Å². The Morgan fingerprint density at radius 1 is 1.32 bits per heavy atom. The summed E-state index contributed by atoms with van der Waals surface area (Å²) in [6.07, 6.45) is 9.12. The van der Waals surface area contributed by atoms with E-state index in [1.54, 1.807) is 23.3 Å². The maximum absolute atomic E-state index is 12.6. The lowest BCUT2D eigenvalue weighted by atomic mass is 9.95. The van der Waals surface area contributed by atoms with Gasteiger partial charge in [-0.15, -0.1) is 11.3 Å². The Bertz CT molecular complexity index is 901. The number of aromatic nitrogens is 5. The van der Waals surface area contributed by atoms with Crippen LogP contribution in [0.4, 0.5) is 0 Å². The second-order valence-corrected chi connectivity index (χ2v) is 6.88. The van der Waals surface area contributed by atoms with Gasteiger partial charge in [0, 0.05) is 30.4 Å². The lowest BCUT2D eigenvalue weighted by Gasteiger charge is -2.11. The number of thiazole rings is 1. The van der Waals surface area contributed by atoms with Crippen LogP contribution < -0.4 is 5.32 Å². The molecule has 0 spiro atoms. The molecule has 128 valence electrons. The average molecular weight is 354 g/mol. The molecule has 3 heterocycles. The third-order valence-corrected chi connectivity index (χ3v) is 5.21. The highest BCUT2D eigenvalue weighted by Gasteiger charge is 2.23. The fourth-order valence-corrected chi connectivity index (χ4v) is 3.91. The maximum atomic E-state index is 12.6. The van der Waals surface area contributed by atoms with E-state index in [0.717, 1.165) is 53.3 Å². The van der Waals surface area contributed by atoms with E-state index in [1.807, 2.05) is 12.4 Å². The van der Waals surface area contributed by atoms with Crippen LogP contribution in [0.2, 0.25) is 0 Å². The number of carbonyl (C=O) groups is 1. The van der Waals surface area contributed by atoms with E-state index in [4.69, 9.17) is 0 Å². The van der Waals surface area contributed by atoms with E-state index < -0.39 is 0 Å². The van der Waals surface area contributed by atoms with Gasteiger partial charge in [-0.2, -0.15) is 5.10 Å². The van der Waals surface area contributed by atoms with Crippen molar-refractivity contribution in [2.45, 2.75) is 32.2 Å². The number of carbonyl (C=O) groups excluding carboxylic acids is 1. The minimum atomic E-state index is -0.0906. The van der Waals surface area contributed by atoms with Gasteiger partial charge in [0.2, 0.25) is 0 Å². The number of hydrogen-bond acceptors (Lipinski definition) is 6. The smallest absolute Gasteiger partial charge is 0.270 e. The highest BCUT2D eigenvalue weighted by molar-refractivity contribution is 7.13. The molecule has 1 aliphatic carbocycles. The summed E-state index contributed by atoms with van der Waals surface area (Å²) >= 11 is 1.50. The van der Waals surface area contributed by atoms with Crippen molar-refractivity contribution < 1.29 is 4.79 Å². The third kappa shape index (κ3) is 3.17. The molecule has 4 rings (SSSR count). The monoisotopic (exact) mass is 354 g/mol. The standard InChI is InChI=1S/C17H18N6OS/c1-23-15(12-4-2-3-5-13(12)22-23)16(24)20-8-11-10-25-17(21-11)14-9-18-6-7-19-14/h6-7,9-10H,2-5,8H2,1H3,(H,20,24). The lowest BCUT2D eigenvalue weighted by molar-refractivity contribution is 0.0940. The van der Waals surface area contributed by atoms with E-state index in [-0.39, 0.29) is 5.91 Å². The first kappa shape index (κ1) is 15.9. The maximum Gasteiger partial charge on any atom is 0.270 e. The van der Waals surface area contributed by atoms with Crippen LogP contribution in [-0.2, 0) is 26.4 Å². The first-order chi connectivity index (χ1) is 12.2. The number of amides is 1. The molecule has 0 aliphatic heterocycles. The van der Waals surface area contributed by atoms with Crippen molar-refractivity contribution in [3.05, 3.63) is 46.6 Å². The van der Waals surface area contributed by atoms with E-state index in [1.165, 1.54) is 11.3 Å². The predicted octanol–water partition coefficient (Wildman–Crippen LogP) is 2.14. The molecule has 0 saturated heterocycles. The molecule has 25 heavy (non-hydrogen) atoms. The molecule has 3 aromatic rings. The summed E-state index contributed by atoms with van der Waals surface area (Å²) < 4.78 is 1.71. The van der Waals surface area contributed by atoms with E-state index in [2.05, 4.69) is 25.4 Å². The van der Waals surface area contributed by atoms with Crippen molar-refractivity contribution in [1.29, 1.82) is 0 Å². The molecule has 0 unspecified atom stereocenters. The Balaban J connectivity index is 1.46. The second-order valence-electron chi connectivity index (χ2n) is 6.02. The summed E-state index contributed by atoms with van der Waals surface area (Å²) in [6, 6.07) is 0. The molecule has 7 nitrogen and oxygen atoms in total. The van der Waals surface area contributed by atoms with Gasteiger partial charge >= 0.3 is 0 Å². The molecule has 0 saturated carbocycles. The van der Waals surface area contributed by atoms with Crippen molar-refractivity contribution in [3.8, 4) is 10.7 Å². The van der Waals surface area contributed by atoms with Gasteiger partial charge in [0.15, 0.2) is 0 Å². The largest absolute Gasteiger partial charge is 0.345 e. The van der Waals surface area contributed by atoms with E-state index in [0.29, 0.717) is 12.2 Å². The number of aryl methyl sites for hydroxylation is 2. The number of nitrogens with zero attached hydrogens (tertiary/aromatic N) is 5. The fourth-order valence-electron chi connectivity index (χ4n) is 3.14.